The zero-order chi connectivity index (χ0) is 27.0. The molecule has 0 radical (unpaired) electrons. The lowest BCUT2D eigenvalue weighted by Crippen LogP contribution is -2.30. The molecule has 2 heterocycles. The summed E-state index contributed by atoms with van der Waals surface area (Å²) in [6, 6.07) is 15.7. The number of pyridine rings is 1. The third kappa shape index (κ3) is 5.10. The van der Waals surface area contributed by atoms with Gasteiger partial charge < -0.3 is 5.32 Å². The summed E-state index contributed by atoms with van der Waals surface area (Å²) in [7, 11) is 0. The van der Waals surface area contributed by atoms with Gasteiger partial charge >= 0.3 is 0 Å². The van der Waals surface area contributed by atoms with Crippen LogP contribution >= 0.6 is 23.2 Å². The highest BCUT2D eigenvalue weighted by Gasteiger charge is 2.22. The van der Waals surface area contributed by atoms with Gasteiger partial charge in [0.25, 0.3) is 5.91 Å². The van der Waals surface area contributed by atoms with E-state index >= 15 is 0 Å². The number of halogens is 4. The minimum atomic E-state index is -0.575. The number of carbonyl (C=O) groups excluding carboxylic acids is 1. The molecule has 0 bridgehead atoms. The molecule has 5 rings (SSSR count). The molecule has 0 spiro atoms. The molecule has 1 amide bonds. The molecule has 0 aliphatic heterocycles. The first kappa shape index (κ1) is 25.8. The maximum Gasteiger partial charge on any atom is 0.254 e. The van der Waals surface area contributed by atoms with Crippen LogP contribution in [0.1, 0.15) is 38.9 Å². The number of carbonyl (C=O) groups is 1. The molecule has 6 nitrogen and oxygen atoms in total. The fourth-order valence-electron chi connectivity index (χ4n) is 4.31. The maximum atomic E-state index is 14.6. The SMILES string of the molecule is Cc1ncn(-c2cc(Cl)c(C(=O)NC[C@@H](c3cccc(F)c3)c3ccc4c(C)ccc(F)c4n3)c(Cl)c2)n1. The minimum absolute atomic E-state index is 0.0326. The van der Waals surface area contributed by atoms with Crippen molar-refractivity contribution >= 4 is 40.0 Å². The zero-order valence-electron chi connectivity index (χ0n) is 20.3. The number of benzene rings is 3. The van der Waals surface area contributed by atoms with Gasteiger partial charge in [0.2, 0.25) is 0 Å². The lowest BCUT2D eigenvalue weighted by atomic mass is 9.94. The van der Waals surface area contributed by atoms with Crippen molar-refractivity contribution in [1.29, 1.82) is 0 Å². The molecule has 0 unspecified atom stereocenters. The van der Waals surface area contributed by atoms with Crippen molar-refractivity contribution in [2.45, 2.75) is 19.8 Å². The van der Waals surface area contributed by atoms with Gasteiger partial charge in [0.05, 0.1) is 27.0 Å². The zero-order valence-corrected chi connectivity index (χ0v) is 21.9. The summed E-state index contributed by atoms with van der Waals surface area (Å²) in [5, 5.41) is 7.99. The largest absolute Gasteiger partial charge is 0.351 e. The molecule has 0 fully saturated rings. The normalized spacial score (nSPS) is 12.1. The smallest absolute Gasteiger partial charge is 0.254 e. The second-order valence-corrected chi connectivity index (χ2v) is 9.65. The maximum absolute atomic E-state index is 14.6. The summed E-state index contributed by atoms with van der Waals surface area (Å²) >= 11 is 12.9. The Balaban J connectivity index is 1.47. The number of hydrogen-bond acceptors (Lipinski definition) is 4. The molecule has 2 aromatic heterocycles. The molecule has 0 aliphatic carbocycles. The van der Waals surface area contributed by atoms with E-state index in [1.807, 2.05) is 6.92 Å². The van der Waals surface area contributed by atoms with Crippen molar-refractivity contribution in [3.63, 3.8) is 0 Å². The molecule has 0 saturated carbocycles. The number of aryl methyl sites for hydroxylation is 2. The van der Waals surface area contributed by atoms with E-state index in [1.54, 1.807) is 49.4 Å². The Bertz CT molecular complexity index is 1660. The number of hydrogen-bond donors (Lipinski definition) is 1. The van der Waals surface area contributed by atoms with Crippen LogP contribution in [0.4, 0.5) is 8.78 Å². The number of aromatic nitrogens is 4. The Morgan fingerprint density at radius 1 is 1.03 bits per heavy atom. The summed E-state index contributed by atoms with van der Waals surface area (Å²) in [4.78, 5) is 21.9. The highest BCUT2D eigenvalue weighted by atomic mass is 35.5. The van der Waals surface area contributed by atoms with Gasteiger partial charge in [0.1, 0.15) is 29.3 Å². The summed E-state index contributed by atoms with van der Waals surface area (Å²) in [5.74, 6) is -1.43. The predicted octanol–water partition coefficient (Wildman–Crippen LogP) is 6.58. The van der Waals surface area contributed by atoms with Crippen LogP contribution in [0.15, 0.2) is 67.0 Å². The van der Waals surface area contributed by atoms with Gasteiger partial charge in [-0.15, -0.1) is 0 Å². The van der Waals surface area contributed by atoms with Crippen molar-refractivity contribution in [3.05, 3.63) is 117 Å². The standard InChI is InChI=1S/C28H21Cl2F2N5O/c1-15-6-8-24(32)27-20(15)7-9-25(35-27)21(17-4-3-5-18(31)10-17)13-33-28(38)26-22(29)11-19(12-23(26)30)37-14-34-16(2)36-37/h3-12,14,21H,13H2,1-2H3,(H,33,38)/t21-/m0/s1. The summed E-state index contributed by atoms with van der Waals surface area (Å²) in [6.45, 7) is 3.65. The van der Waals surface area contributed by atoms with E-state index in [1.165, 1.54) is 29.2 Å². The lowest BCUT2D eigenvalue weighted by Gasteiger charge is -2.19. The van der Waals surface area contributed by atoms with Gasteiger partial charge in [-0.3, -0.25) is 4.79 Å². The number of fused-ring (bicyclic) bond motifs is 1. The lowest BCUT2D eigenvalue weighted by molar-refractivity contribution is 0.0952. The first-order valence-electron chi connectivity index (χ1n) is 11.7. The van der Waals surface area contributed by atoms with Gasteiger partial charge in [0.15, 0.2) is 0 Å². The number of nitrogens with zero attached hydrogens (tertiary/aromatic N) is 4. The molecule has 38 heavy (non-hydrogen) atoms. The summed E-state index contributed by atoms with van der Waals surface area (Å²) in [6.07, 6.45) is 1.52. The quantitative estimate of drug-likeness (QED) is 0.258. The van der Waals surface area contributed by atoms with Crippen molar-refractivity contribution in [2.75, 3.05) is 6.54 Å². The second-order valence-electron chi connectivity index (χ2n) is 8.83. The third-order valence-electron chi connectivity index (χ3n) is 6.25. The number of rotatable bonds is 6. The fraction of sp³-hybridized carbons (Fsp3) is 0.143. The predicted molar refractivity (Wildman–Crippen MR) is 143 cm³/mol. The van der Waals surface area contributed by atoms with E-state index in [0.29, 0.717) is 28.2 Å². The van der Waals surface area contributed by atoms with Crippen LogP contribution in [0.5, 0.6) is 0 Å². The van der Waals surface area contributed by atoms with Crippen molar-refractivity contribution < 1.29 is 13.6 Å². The van der Waals surface area contributed by atoms with Crippen LogP contribution in [0.3, 0.4) is 0 Å². The average Bonchev–Trinajstić information content (AvgIpc) is 3.32. The number of nitrogens with one attached hydrogen (secondary N) is 1. The van der Waals surface area contributed by atoms with Crippen LogP contribution in [-0.4, -0.2) is 32.2 Å². The number of amides is 1. The molecule has 0 aliphatic rings. The molecule has 192 valence electrons. The van der Waals surface area contributed by atoms with Gasteiger partial charge in [-0.05, 0) is 61.4 Å². The molecule has 3 aromatic carbocycles. The Morgan fingerprint density at radius 2 is 1.79 bits per heavy atom. The molecule has 1 atom stereocenters. The van der Waals surface area contributed by atoms with E-state index in [2.05, 4.69) is 20.4 Å². The second kappa shape index (κ2) is 10.5. The van der Waals surface area contributed by atoms with Crippen LogP contribution < -0.4 is 5.32 Å². The van der Waals surface area contributed by atoms with Crippen LogP contribution in [0.25, 0.3) is 16.6 Å². The summed E-state index contributed by atoms with van der Waals surface area (Å²) in [5.41, 5.74) is 2.76. The van der Waals surface area contributed by atoms with Gasteiger partial charge in [-0.25, -0.2) is 23.4 Å². The molecule has 0 saturated heterocycles. The Morgan fingerprint density at radius 3 is 2.47 bits per heavy atom. The molecule has 10 heteroatoms. The molecular formula is C28H21Cl2F2N5O. The van der Waals surface area contributed by atoms with Crippen LogP contribution in [-0.2, 0) is 0 Å². The topological polar surface area (TPSA) is 72.7 Å². The third-order valence-corrected chi connectivity index (χ3v) is 6.84. The summed E-state index contributed by atoms with van der Waals surface area (Å²) < 4.78 is 30.3. The van der Waals surface area contributed by atoms with E-state index in [-0.39, 0.29) is 27.7 Å². The van der Waals surface area contributed by atoms with Gasteiger partial charge in [-0.1, -0.05) is 47.5 Å². The van der Waals surface area contributed by atoms with Gasteiger partial charge in [-0.2, -0.15) is 5.10 Å². The van der Waals surface area contributed by atoms with Crippen molar-refractivity contribution in [3.8, 4) is 5.69 Å². The molecule has 1 N–H and O–H groups in total. The van der Waals surface area contributed by atoms with E-state index in [4.69, 9.17) is 23.2 Å². The Labute approximate surface area is 227 Å². The first-order chi connectivity index (χ1) is 18.2. The van der Waals surface area contributed by atoms with Crippen molar-refractivity contribution in [2.24, 2.45) is 0 Å². The van der Waals surface area contributed by atoms with E-state index in [0.717, 1.165) is 5.56 Å². The average molecular weight is 552 g/mol. The highest BCUT2D eigenvalue weighted by molar-refractivity contribution is 6.40. The first-order valence-corrected chi connectivity index (χ1v) is 12.4. The molecular weight excluding hydrogens is 531 g/mol. The molecule has 5 aromatic rings. The van der Waals surface area contributed by atoms with E-state index < -0.39 is 23.5 Å². The van der Waals surface area contributed by atoms with E-state index in [9.17, 15) is 13.6 Å². The van der Waals surface area contributed by atoms with Crippen LogP contribution in [0.2, 0.25) is 10.0 Å². The monoisotopic (exact) mass is 551 g/mol. The van der Waals surface area contributed by atoms with Crippen LogP contribution in [0, 0.1) is 25.5 Å². The van der Waals surface area contributed by atoms with Gasteiger partial charge in [0, 0.05) is 17.8 Å². The highest BCUT2D eigenvalue weighted by Crippen LogP contribution is 2.30. The minimum Gasteiger partial charge on any atom is -0.351 e. The fourth-order valence-corrected chi connectivity index (χ4v) is 4.96. The Kier molecular flexibility index (Phi) is 7.10. The van der Waals surface area contributed by atoms with Crippen molar-refractivity contribution in [1.82, 2.24) is 25.1 Å². The Hall–Kier alpha value is -3.88.